The third-order valence-electron chi connectivity index (χ3n) is 3.22. The van der Waals surface area contributed by atoms with E-state index < -0.39 is 0 Å². The van der Waals surface area contributed by atoms with Gasteiger partial charge in [0.2, 0.25) is 0 Å². The summed E-state index contributed by atoms with van der Waals surface area (Å²) in [4.78, 5) is 5.14. The average Bonchev–Trinajstić information content (AvgIpc) is 2.32. The normalized spacial score (nSPS) is 20.4. The van der Waals surface area contributed by atoms with E-state index in [1.165, 1.54) is 38.3 Å². The van der Waals surface area contributed by atoms with E-state index in [9.17, 15) is 0 Å². The molecule has 0 saturated carbocycles. The number of halogens is 1. The number of nitrogens with zero attached hydrogens (tertiary/aromatic N) is 2. The summed E-state index contributed by atoms with van der Waals surface area (Å²) in [6, 6.07) is 10.8. The highest BCUT2D eigenvalue weighted by Gasteiger charge is 2.17. The van der Waals surface area contributed by atoms with E-state index in [0.717, 1.165) is 10.5 Å². The quantitative estimate of drug-likeness (QED) is 0.612. The molecular formula is C14H21IN2. The molecule has 94 valence electrons. The van der Waals surface area contributed by atoms with E-state index in [0.29, 0.717) is 0 Å². The zero-order chi connectivity index (χ0) is 12.1. The van der Waals surface area contributed by atoms with E-state index in [1.54, 1.807) is 0 Å². The molecule has 0 unspecified atom stereocenters. The van der Waals surface area contributed by atoms with E-state index in [-0.39, 0.29) is 0 Å². The van der Waals surface area contributed by atoms with E-state index >= 15 is 0 Å². The first-order valence-corrected chi connectivity index (χ1v) is 7.61. The number of hydrogen-bond acceptors (Lipinski definition) is 2. The van der Waals surface area contributed by atoms with Crippen LogP contribution in [0.2, 0.25) is 0 Å². The van der Waals surface area contributed by atoms with Crippen molar-refractivity contribution in [1.29, 1.82) is 0 Å². The topological polar surface area (TPSA) is 6.48 Å². The maximum absolute atomic E-state index is 2.58. The number of rotatable bonds is 4. The molecule has 0 aliphatic carbocycles. The fraction of sp³-hybridized carbons (Fsp3) is 0.571. The van der Waals surface area contributed by atoms with Crippen molar-refractivity contribution in [1.82, 2.24) is 9.80 Å². The summed E-state index contributed by atoms with van der Waals surface area (Å²) in [5.74, 6) is 0. The lowest BCUT2D eigenvalue weighted by Crippen LogP contribution is -2.47. The van der Waals surface area contributed by atoms with Gasteiger partial charge in [-0.25, -0.2) is 0 Å². The Morgan fingerprint density at radius 2 is 1.65 bits per heavy atom. The van der Waals surface area contributed by atoms with Crippen molar-refractivity contribution in [2.75, 3.05) is 32.7 Å². The monoisotopic (exact) mass is 344 g/mol. The van der Waals surface area contributed by atoms with Gasteiger partial charge in [-0.2, -0.15) is 0 Å². The summed E-state index contributed by atoms with van der Waals surface area (Å²) in [6.45, 7) is 9.49. The van der Waals surface area contributed by atoms with Gasteiger partial charge in [0.15, 0.2) is 0 Å². The highest BCUT2D eigenvalue weighted by molar-refractivity contribution is 14.1. The molecule has 1 aliphatic rings. The smallest absolute Gasteiger partial charge is 0.0234 e. The Balaban J connectivity index is 1.76. The van der Waals surface area contributed by atoms with Crippen LogP contribution in [0.4, 0.5) is 0 Å². The van der Waals surface area contributed by atoms with E-state index in [1.807, 2.05) is 0 Å². The van der Waals surface area contributed by atoms with Gasteiger partial charge in [0, 0.05) is 43.2 Å². The van der Waals surface area contributed by atoms with Crippen LogP contribution in [0.3, 0.4) is 0 Å². The first kappa shape index (κ1) is 13.3. The van der Waals surface area contributed by atoms with Crippen molar-refractivity contribution in [3.8, 4) is 0 Å². The molecule has 1 aliphatic heterocycles. The molecule has 2 nitrogen and oxygen atoms in total. The molecule has 1 aromatic carbocycles. The first-order valence-electron chi connectivity index (χ1n) is 6.37. The van der Waals surface area contributed by atoms with Crippen LogP contribution < -0.4 is 0 Å². The fourth-order valence-electron chi connectivity index (χ4n) is 2.33. The molecule has 0 radical (unpaired) electrons. The maximum Gasteiger partial charge on any atom is 0.0234 e. The molecule has 3 heteroatoms. The summed E-state index contributed by atoms with van der Waals surface area (Å²) < 4.78 is 0.758. The third kappa shape index (κ3) is 4.56. The Morgan fingerprint density at radius 3 is 2.24 bits per heavy atom. The van der Waals surface area contributed by atoms with E-state index in [4.69, 9.17) is 0 Å². The summed E-state index contributed by atoms with van der Waals surface area (Å²) in [5, 5.41) is 0. The second kappa shape index (κ2) is 6.71. The Morgan fingerprint density at radius 1 is 1.06 bits per heavy atom. The largest absolute Gasteiger partial charge is 0.300 e. The van der Waals surface area contributed by atoms with Crippen LogP contribution in [0.5, 0.6) is 0 Å². The summed E-state index contributed by atoms with van der Waals surface area (Å²) >= 11 is 2.51. The SMILES string of the molecule is C[C@@H](I)CN1CCN(Cc2ccccc2)CC1. The maximum atomic E-state index is 2.58. The Kier molecular flexibility index (Phi) is 5.25. The Labute approximate surface area is 118 Å². The predicted octanol–water partition coefficient (Wildman–Crippen LogP) is 2.63. The molecule has 0 N–H and O–H groups in total. The molecule has 0 aromatic heterocycles. The molecule has 2 rings (SSSR count). The van der Waals surface area contributed by atoms with Gasteiger partial charge in [-0.05, 0) is 5.56 Å². The van der Waals surface area contributed by atoms with Crippen molar-refractivity contribution in [3.05, 3.63) is 35.9 Å². The van der Waals surface area contributed by atoms with Gasteiger partial charge in [-0.15, -0.1) is 0 Å². The van der Waals surface area contributed by atoms with Crippen molar-refractivity contribution in [3.63, 3.8) is 0 Å². The van der Waals surface area contributed by atoms with Gasteiger partial charge in [0.05, 0.1) is 0 Å². The second-order valence-corrected chi connectivity index (χ2v) is 6.97. The van der Waals surface area contributed by atoms with Gasteiger partial charge in [-0.1, -0.05) is 59.8 Å². The van der Waals surface area contributed by atoms with Crippen LogP contribution in [0.25, 0.3) is 0 Å². The molecule has 1 fully saturated rings. The standard InChI is InChI=1S/C14H21IN2/c1-13(15)11-16-7-9-17(10-8-16)12-14-5-3-2-4-6-14/h2-6,13H,7-12H2,1H3/t13-/m1/s1. The number of alkyl halides is 1. The summed E-state index contributed by atoms with van der Waals surface area (Å²) in [7, 11) is 0. The van der Waals surface area contributed by atoms with Crippen LogP contribution in [0, 0.1) is 0 Å². The predicted molar refractivity (Wildman–Crippen MR) is 81.6 cm³/mol. The van der Waals surface area contributed by atoms with Crippen molar-refractivity contribution in [2.45, 2.75) is 17.4 Å². The zero-order valence-corrected chi connectivity index (χ0v) is 12.6. The van der Waals surface area contributed by atoms with Crippen LogP contribution in [0.15, 0.2) is 30.3 Å². The minimum Gasteiger partial charge on any atom is -0.300 e. The molecule has 0 bridgehead atoms. The van der Waals surface area contributed by atoms with Crippen molar-refractivity contribution in [2.24, 2.45) is 0 Å². The molecule has 0 spiro atoms. The van der Waals surface area contributed by atoms with Crippen LogP contribution in [0.1, 0.15) is 12.5 Å². The fourth-order valence-corrected chi connectivity index (χ4v) is 2.88. The lowest BCUT2D eigenvalue weighted by molar-refractivity contribution is 0.129. The Hall–Kier alpha value is -0.130. The van der Waals surface area contributed by atoms with Crippen LogP contribution in [-0.2, 0) is 6.54 Å². The molecule has 1 aromatic rings. The van der Waals surface area contributed by atoms with Crippen molar-refractivity contribution < 1.29 is 0 Å². The van der Waals surface area contributed by atoms with Gasteiger partial charge in [0.1, 0.15) is 0 Å². The lowest BCUT2D eigenvalue weighted by atomic mass is 10.2. The van der Waals surface area contributed by atoms with Crippen LogP contribution >= 0.6 is 22.6 Å². The third-order valence-corrected chi connectivity index (χ3v) is 3.62. The van der Waals surface area contributed by atoms with E-state index in [2.05, 4.69) is 69.6 Å². The molecule has 1 saturated heterocycles. The van der Waals surface area contributed by atoms with Gasteiger partial charge >= 0.3 is 0 Å². The number of piperazine rings is 1. The highest BCUT2D eigenvalue weighted by Crippen LogP contribution is 2.10. The lowest BCUT2D eigenvalue weighted by Gasteiger charge is -2.35. The molecule has 0 amide bonds. The van der Waals surface area contributed by atoms with Crippen LogP contribution in [-0.4, -0.2) is 46.4 Å². The number of benzene rings is 1. The zero-order valence-electron chi connectivity index (χ0n) is 10.5. The highest BCUT2D eigenvalue weighted by atomic mass is 127. The summed E-state index contributed by atoms with van der Waals surface area (Å²) in [6.07, 6.45) is 0. The summed E-state index contributed by atoms with van der Waals surface area (Å²) in [5.41, 5.74) is 1.43. The first-order chi connectivity index (χ1) is 8.24. The molecular weight excluding hydrogens is 323 g/mol. The minimum atomic E-state index is 0.758. The van der Waals surface area contributed by atoms with Gasteiger partial charge in [-0.3, -0.25) is 9.80 Å². The van der Waals surface area contributed by atoms with Crippen molar-refractivity contribution >= 4 is 22.6 Å². The minimum absolute atomic E-state index is 0.758. The number of hydrogen-bond donors (Lipinski definition) is 0. The molecule has 1 atom stereocenters. The molecule has 1 heterocycles. The van der Waals surface area contributed by atoms with Gasteiger partial charge < -0.3 is 0 Å². The second-order valence-electron chi connectivity index (χ2n) is 4.84. The van der Waals surface area contributed by atoms with Gasteiger partial charge in [0.25, 0.3) is 0 Å². The molecule has 17 heavy (non-hydrogen) atoms. The average molecular weight is 344 g/mol. The Bertz CT molecular complexity index is 318.